The maximum absolute atomic E-state index is 5.40. The van der Waals surface area contributed by atoms with Gasteiger partial charge in [0.2, 0.25) is 0 Å². The van der Waals surface area contributed by atoms with Crippen molar-refractivity contribution in [1.29, 1.82) is 0 Å². The van der Waals surface area contributed by atoms with Gasteiger partial charge in [0.15, 0.2) is 0 Å². The maximum atomic E-state index is 5.40. The summed E-state index contributed by atoms with van der Waals surface area (Å²) in [5.74, 6) is 0. The molecule has 0 radical (unpaired) electrons. The van der Waals surface area contributed by atoms with E-state index < -0.39 is 0 Å². The molecule has 0 aromatic carbocycles. The van der Waals surface area contributed by atoms with E-state index in [-0.39, 0.29) is 6.10 Å². The summed E-state index contributed by atoms with van der Waals surface area (Å²) in [4.78, 5) is 9.51. The van der Waals surface area contributed by atoms with E-state index in [2.05, 4.69) is 9.93 Å². The van der Waals surface area contributed by atoms with E-state index in [4.69, 9.17) is 14.4 Å². The van der Waals surface area contributed by atoms with Crippen LogP contribution in [-0.2, 0) is 24.3 Å². The summed E-state index contributed by atoms with van der Waals surface area (Å²) < 4.78 is 10.4. The minimum absolute atomic E-state index is 0.157. The molecule has 0 aromatic heterocycles. The molecule has 0 N–H and O–H groups in total. The summed E-state index contributed by atoms with van der Waals surface area (Å²) in [6.45, 7) is 2.96. The smallest absolute Gasteiger partial charge is 0.104 e. The van der Waals surface area contributed by atoms with Gasteiger partial charge < -0.3 is 9.47 Å². The van der Waals surface area contributed by atoms with Gasteiger partial charge in [-0.25, -0.2) is 9.78 Å². The Labute approximate surface area is 83.1 Å². The zero-order valence-corrected chi connectivity index (χ0v) is 8.15. The Morgan fingerprint density at radius 2 is 2.21 bits per heavy atom. The van der Waals surface area contributed by atoms with E-state index >= 15 is 0 Å². The van der Waals surface area contributed by atoms with Crippen LogP contribution in [0.15, 0.2) is 0 Å². The van der Waals surface area contributed by atoms with Crippen LogP contribution in [0.3, 0.4) is 0 Å². The Balaban J connectivity index is 1.41. The number of epoxide rings is 1. The van der Waals surface area contributed by atoms with Crippen LogP contribution in [0.4, 0.5) is 0 Å². The van der Waals surface area contributed by atoms with Crippen LogP contribution in [0.5, 0.6) is 0 Å². The molecule has 0 spiro atoms. The minimum Gasteiger partial charge on any atom is -0.379 e. The first kappa shape index (κ1) is 10.3. The molecule has 2 saturated heterocycles. The molecular weight excluding hydrogens is 188 g/mol. The van der Waals surface area contributed by atoms with E-state index in [1.165, 1.54) is 0 Å². The van der Waals surface area contributed by atoms with Gasteiger partial charge in [-0.2, -0.15) is 0 Å². The van der Waals surface area contributed by atoms with Crippen molar-refractivity contribution < 1.29 is 24.3 Å². The summed E-state index contributed by atoms with van der Waals surface area (Å²) in [5.41, 5.74) is 0. The highest BCUT2D eigenvalue weighted by molar-refractivity contribution is 4.67. The third-order valence-electron chi connectivity index (χ3n) is 2.27. The van der Waals surface area contributed by atoms with Gasteiger partial charge in [0, 0.05) is 13.0 Å². The SMILES string of the molecule is C(COCC1CO1)C[C@@H]1CCOOO1. The lowest BCUT2D eigenvalue weighted by Crippen LogP contribution is -2.22. The molecule has 2 aliphatic heterocycles. The molecule has 1 unspecified atom stereocenters. The second-order valence-corrected chi connectivity index (χ2v) is 3.57. The monoisotopic (exact) mass is 204 g/mol. The van der Waals surface area contributed by atoms with Gasteiger partial charge >= 0.3 is 0 Å². The highest BCUT2D eigenvalue weighted by atomic mass is 17.5. The third-order valence-corrected chi connectivity index (χ3v) is 2.27. The van der Waals surface area contributed by atoms with Crippen LogP contribution >= 0.6 is 0 Å². The normalized spacial score (nSPS) is 31.7. The first-order valence-electron chi connectivity index (χ1n) is 5.09. The van der Waals surface area contributed by atoms with Crippen molar-refractivity contribution in [3.63, 3.8) is 0 Å². The molecule has 14 heavy (non-hydrogen) atoms. The van der Waals surface area contributed by atoms with Gasteiger partial charge in [0.1, 0.15) is 6.10 Å². The first-order chi connectivity index (χ1) is 6.95. The largest absolute Gasteiger partial charge is 0.379 e. The van der Waals surface area contributed by atoms with Crippen LogP contribution in [0.2, 0.25) is 0 Å². The average molecular weight is 204 g/mol. The highest BCUT2D eigenvalue weighted by Gasteiger charge is 2.22. The summed E-state index contributed by atoms with van der Waals surface area (Å²) in [6, 6.07) is 0. The van der Waals surface area contributed by atoms with Crippen molar-refractivity contribution in [2.24, 2.45) is 0 Å². The second kappa shape index (κ2) is 5.63. The average Bonchev–Trinajstić information content (AvgIpc) is 3.03. The Kier molecular flexibility index (Phi) is 4.15. The minimum atomic E-state index is 0.157. The third kappa shape index (κ3) is 3.89. The summed E-state index contributed by atoms with van der Waals surface area (Å²) in [7, 11) is 0. The quantitative estimate of drug-likeness (QED) is 0.364. The van der Waals surface area contributed by atoms with Gasteiger partial charge in [-0.1, -0.05) is 5.04 Å². The van der Waals surface area contributed by atoms with E-state index in [9.17, 15) is 0 Å². The van der Waals surface area contributed by atoms with Crippen LogP contribution in [0.25, 0.3) is 0 Å². The van der Waals surface area contributed by atoms with Gasteiger partial charge in [-0.3, -0.25) is 0 Å². The van der Waals surface area contributed by atoms with Crippen molar-refractivity contribution in [2.45, 2.75) is 31.5 Å². The molecule has 2 heterocycles. The Morgan fingerprint density at radius 3 is 2.93 bits per heavy atom. The lowest BCUT2D eigenvalue weighted by Gasteiger charge is -2.19. The Morgan fingerprint density at radius 1 is 1.29 bits per heavy atom. The van der Waals surface area contributed by atoms with Crippen LogP contribution in [0, 0.1) is 0 Å². The molecule has 2 atom stereocenters. The van der Waals surface area contributed by atoms with E-state index in [0.29, 0.717) is 12.7 Å². The topological polar surface area (TPSA) is 49.5 Å². The predicted octanol–water partition coefficient (Wildman–Crippen LogP) is 0.834. The van der Waals surface area contributed by atoms with Crippen molar-refractivity contribution in [3.8, 4) is 0 Å². The number of hydrogen-bond donors (Lipinski definition) is 0. The Hall–Kier alpha value is -0.200. The Bertz CT molecular complexity index is 153. The fourth-order valence-corrected chi connectivity index (χ4v) is 1.33. The molecule has 0 aromatic rings. The lowest BCUT2D eigenvalue weighted by molar-refractivity contribution is -0.549. The number of rotatable bonds is 6. The lowest BCUT2D eigenvalue weighted by atomic mass is 10.1. The number of hydrogen-bond acceptors (Lipinski definition) is 5. The van der Waals surface area contributed by atoms with Crippen molar-refractivity contribution >= 4 is 0 Å². The van der Waals surface area contributed by atoms with E-state index in [1.807, 2.05) is 0 Å². The molecule has 0 bridgehead atoms. The van der Waals surface area contributed by atoms with Crippen LogP contribution in [-0.4, -0.2) is 38.6 Å². The highest BCUT2D eigenvalue weighted by Crippen LogP contribution is 2.13. The van der Waals surface area contributed by atoms with E-state index in [0.717, 1.165) is 39.1 Å². The molecule has 2 fully saturated rings. The van der Waals surface area contributed by atoms with Crippen molar-refractivity contribution in [2.75, 3.05) is 26.4 Å². The van der Waals surface area contributed by atoms with Crippen LogP contribution in [0.1, 0.15) is 19.3 Å². The van der Waals surface area contributed by atoms with Gasteiger partial charge in [0.25, 0.3) is 0 Å². The van der Waals surface area contributed by atoms with Gasteiger partial charge in [-0.05, 0) is 12.8 Å². The molecular formula is C9H16O5. The predicted molar refractivity (Wildman–Crippen MR) is 46.3 cm³/mol. The van der Waals surface area contributed by atoms with Gasteiger partial charge in [-0.15, -0.1) is 0 Å². The zero-order chi connectivity index (χ0) is 9.64. The summed E-state index contributed by atoms with van der Waals surface area (Å²) in [5, 5.41) is 4.43. The molecule has 0 aliphatic carbocycles. The maximum Gasteiger partial charge on any atom is 0.104 e. The zero-order valence-electron chi connectivity index (χ0n) is 8.15. The second-order valence-electron chi connectivity index (χ2n) is 3.57. The molecule has 0 saturated carbocycles. The molecule has 82 valence electrons. The molecule has 5 heteroatoms. The molecule has 2 rings (SSSR count). The fraction of sp³-hybridized carbons (Fsp3) is 1.00. The van der Waals surface area contributed by atoms with Crippen LogP contribution < -0.4 is 0 Å². The van der Waals surface area contributed by atoms with Crippen molar-refractivity contribution in [3.05, 3.63) is 0 Å². The summed E-state index contributed by atoms with van der Waals surface area (Å²) >= 11 is 0. The standard InChI is InChI=1S/C9H16O5/c1(4-10-6-9-7-11-9)2-8-3-5-12-14-13-8/h8-9H,1-7H2/t8-,9?/m1/s1. The van der Waals surface area contributed by atoms with E-state index in [1.54, 1.807) is 0 Å². The molecule has 0 amide bonds. The number of ether oxygens (including phenoxy) is 2. The van der Waals surface area contributed by atoms with Crippen molar-refractivity contribution in [1.82, 2.24) is 0 Å². The fourth-order valence-electron chi connectivity index (χ4n) is 1.33. The summed E-state index contributed by atoms with van der Waals surface area (Å²) in [6.07, 6.45) is 3.35. The molecule has 2 aliphatic rings. The first-order valence-corrected chi connectivity index (χ1v) is 5.09. The molecule has 5 nitrogen and oxygen atoms in total. The van der Waals surface area contributed by atoms with Gasteiger partial charge in [0.05, 0.1) is 25.9 Å².